The normalized spacial score (nSPS) is 14.3. The van der Waals surface area contributed by atoms with E-state index < -0.39 is 0 Å². The molecule has 1 aliphatic rings. The second kappa shape index (κ2) is 4.28. The number of amides is 2. The highest BCUT2D eigenvalue weighted by Crippen LogP contribution is 2.17. The number of allylic oxidation sites excluding steroid dienone is 1. The molecule has 82 valence electrons. The Bertz CT molecular complexity index is 477. The van der Waals surface area contributed by atoms with Gasteiger partial charge in [0.15, 0.2) is 0 Å². The van der Waals surface area contributed by atoms with Gasteiger partial charge >= 0.3 is 0 Å². The first-order valence-electron chi connectivity index (χ1n) is 4.97. The maximum absolute atomic E-state index is 11.4. The number of nitrogens with one attached hydrogen (secondary N) is 1. The van der Waals surface area contributed by atoms with Gasteiger partial charge < -0.3 is 5.11 Å². The van der Waals surface area contributed by atoms with Gasteiger partial charge in [0.05, 0.1) is 17.7 Å². The van der Waals surface area contributed by atoms with Crippen molar-refractivity contribution < 1.29 is 14.7 Å². The van der Waals surface area contributed by atoms with Gasteiger partial charge in [0, 0.05) is 0 Å². The number of carbonyl (C=O) groups excluding carboxylic acids is 2. The van der Waals surface area contributed by atoms with Crippen molar-refractivity contribution in [3.63, 3.8) is 0 Å². The molecule has 2 N–H and O–H groups in total. The van der Waals surface area contributed by atoms with Crippen molar-refractivity contribution in [2.45, 2.75) is 6.42 Å². The van der Waals surface area contributed by atoms with E-state index in [1.807, 2.05) is 6.08 Å². The van der Waals surface area contributed by atoms with Crippen molar-refractivity contribution in [3.05, 3.63) is 47.0 Å². The number of imide groups is 1. The van der Waals surface area contributed by atoms with Crippen LogP contribution in [-0.4, -0.2) is 23.5 Å². The summed E-state index contributed by atoms with van der Waals surface area (Å²) >= 11 is 0. The molecule has 0 unspecified atom stereocenters. The molecule has 0 radical (unpaired) electrons. The molecule has 2 rings (SSSR count). The highest BCUT2D eigenvalue weighted by Gasteiger charge is 2.26. The molecular formula is C12H11NO3. The molecule has 0 atom stereocenters. The van der Waals surface area contributed by atoms with Crippen molar-refractivity contribution in [2.24, 2.45) is 0 Å². The molecule has 0 aliphatic carbocycles. The van der Waals surface area contributed by atoms with E-state index >= 15 is 0 Å². The minimum atomic E-state index is -0.340. The van der Waals surface area contributed by atoms with Crippen LogP contribution in [0.4, 0.5) is 0 Å². The summed E-state index contributed by atoms with van der Waals surface area (Å²) in [6.45, 7) is 0.00388. The first-order valence-corrected chi connectivity index (χ1v) is 4.97. The summed E-state index contributed by atoms with van der Waals surface area (Å²) in [5.41, 5.74) is 1.80. The van der Waals surface area contributed by atoms with Crippen LogP contribution in [0.1, 0.15) is 26.3 Å². The first-order chi connectivity index (χ1) is 7.72. The lowest BCUT2D eigenvalue weighted by molar-refractivity contribution is 0.0879. The minimum Gasteiger partial charge on any atom is -0.392 e. The van der Waals surface area contributed by atoms with Crippen molar-refractivity contribution in [2.75, 3.05) is 6.61 Å². The zero-order chi connectivity index (χ0) is 11.5. The smallest absolute Gasteiger partial charge is 0.258 e. The van der Waals surface area contributed by atoms with Crippen LogP contribution in [0.3, 0.4) is 0 Å². The molecule has 1 heterocycles. The Morgan fingerprint density at radius 1 is 1.12 bits per heavy atom. The van der Waals surface area contributed by atoms with E-state index in [0.29, 0.717) is 17.5 Å². The molecule has 0 saturated heterocycles. The van der Waals surface area contributed by atoms with Gasteiger partial charge in [0.1, 0.15) is 0 Å². The van der Waals surface area contributed by atoms with Gasteiger partial charge in [-0.1, -0.05) is 18.2 Å². The van der Waals surface area contributed by atoms with E-state index in [2.05, 4.69) is 5.32 Å². The number of aliphatic hydroxyl groups excluding tert-OH is 1. The summed E-state index contributed by atoms with van der Waals surface area (Å²) < 4.78 is 0. The minimum absolute atomic E-state index is 0.00388. The van der Waals surface area contributed by atoms with E-state index in [0.717, 1.165) is 5.56 Å². The van der Waals surface area contributed by atoms with Gasteiger partial charge in [-0.05, 0) is 24.1 Å². The highest BCUT2D eigenvalue weighted by molar-refractivity contribution is 6.21. The maximum Gasteiger partial charge on any atom is 0.258 e. The van der Waals surface area contributed by atoms with Gasteiger partial charge in [-0.2, -0.15) is 0 Å². The van der Waals surface area contributed by atoms with Gasteiger partial charge in [0.2, 0.25) is 0 Å². The molecule has 1 aromatic rings. The van der Waals surface area contributed by atoms with Crippen LogP contribution >= 0.6 is 0 Å². The summed E-state index contributed by atoms with van der Waals surface area (Å²) in [4.78, 5) is 22.6. The lowest BCUT2D eigenvalue weighted by atomic mass is 10.0. The van der Waals surface area contributed by atoms with Crippen molar-refractivity contribution in [1.29, 1.82) is 0 Å². The maximum atomic E-state index is 11.4. The molecule has 4 heteroatoms. The molecule has 0 bridgehead atoms. The van der Waals surface area contributed by atoms with Crippen LogP contribution < -0.4 is 5.32 Å². The molecule has 4 nitrogen and oxygen atoms in total. The Morgan fingerprint density at radius 3 is 2.62 bits per heavy atom. The van der Waals surface area contributed by atoms with Crippen LogP contribution in [0.5, 0.6) is 0 Å². The molecule has 1 aromatic carbocycles. The van der Waals surface area contributed by atoms with E-state index in [9.17, 15) is 9.59 Å². The molecule has 0 aromatic heterocycles. The molecule has 1 aliphatic heterocycles. The number of hydrogen-bond donors (Lipinski definition) is 2. The van der Waals surface area contributed by atoms with Gasteiger partial charge in [0.25, 0.3) is 11.8 Å². The van der Waals surface area contributed by atoms with Gasteiger partial charge in [-0.3, -0.25) is 14.9 Å². The fourth-order valence-electron chi connectivity index (χ4n) is 1.64. The second-order valence-electron chi connectivity index (χ2n) is 3.52. The molecule has 0 spiro atoms. The Kier molecular flexibility index (Phi) is 2.83. The molecule has 2 amide bonds. The Labute approximate surface area is 92.6 Å². The Balaban J connectivity index is 2.26. The standard InChI is InChI=1S/C12H11NO3/c14-6-2-1-3-8-4-5-9-10(7-8)12(16)13-11(9)15/h1-2,4-5,7,14H,3,6H2,(H,13,15,16)/b2-1-. The van der Waals surface area contributed by atoms with Crippen LogP contribution in [0.15, 0.2) is 30.4 Å². The van der Waals surface area contributed by atoms with Gasteiger partial charge in [-0.25, -0.2) is 0 Å². The Morgan fingerprint density at radius 2 is 1.88 bits per heavy atom. The summed E-state index contributed by atoms with van der Waals surface area (Å²) in [6, 6.07) is 5.16. The third-order valence-electron chi connectivity index (χ3n) is 2.43. The lowest BCUT2D eigenvalue weighted by Crippen LogP contribution is -2.19. The average molecular weight is 217 g/mol. The predicted molar refractivity (Wildman–Crippen MR) is 58.2 cm³/mol. The SMILES string of the molecule is O=C1NC(=O)c2cc(C/C=C\CO)ccc21. The third-order valence-corrected chi connectivity index (χ3v) is 2.43. The summed E-state index contributed by atoms with van der Waals surface area (Å²) in [6.07, 6.45) is 4.09. The zero-order valence-electron chi connectivity index (χ0n) is 8.56. The molecule has 0 fully saturated rings. The predicted octanol–water partition coefficient (Wildman–Crippen LogP) is 0.661. The van der Waals surface area contributed by atoms with Gasteiger partial charge in [-0.15, -0.1) is 0 Å². The summed E-state index contributed by atoms with van der Waals surface area (Å²) in [7, 11) is 0. The van der Waals surface area contributed by atoms with E-state index in [4.69, 9.17) is 5.11 Å². The number of hydrogen-bond acceptors (Lipinski definition) is 3. The van der Waals surface area contributed by atoms with Crippen molar-refractivity contribution in [1.82, 2.24) is 5.32 Å². The third kappa shape index (κ3) is 1.87. The number of benzene rings is 1. The molecule has 0 saturated carbocycles. The van der Waals surface area contributed by atoms with Crippen LogP contribution in [0, 0.1) is 0 Å². The van der Waals surface area contributed by atoms with Crippen molar-refractivity contribution in [3.8, 4) is 0 Å². The fraction of sp³-hybridized carbons (Fsp3) is 0.167. The molecule has 16 heavy (non-hydrogen) atoms. The largest absolute Gasteiger partial charge is 0.392 e. The molecular weight excluding hydrogens is 206 g/mol. The van der Waals surface area contributed by atoms with E-state index in [-0.39, 0.29) is 18.4 Å². The van der Waals surface area contributed by atoms with Crippen LogP contribution in [-0.2, 0) is 6.42 Å². The quantitative estimate of drug-likeness (QED) is 0.577. The lowest BCUT2D eigenvalue weighted by Gasteiger charge is -1.99. The topological polar surface area (TPSA) is 66.4 Å². The van der Waals surface area contributed by atoms with Crippen molar-refractivity contribution >= 4 is 11.8 Å². The average Bonchev–Trinajstić information content (AvgIpc) is 2.55. The monoisotopic (exact) mass is 217 g/mol. The fourth-order valence-corrected chi connectivity index (χ4v) is 1.64. The Hall–Kier alpha value is -1.94. The van der Waals surface area contributed by atoms with Crippen LogP contribution in [0.2, 0.25) is 0 Å². The first kappa shape index (κ1) is 10.6. The van der Waals surface area contributed by atoms with E-state index in [1.165, 1.54) is 0 Å². The number of rotatable bonds is 3. The summed E-state index contributed by atoms with van der Waals surface area (Å²) in [5, 5.41) is 10.8. The number of fused-ring (bicyclic) bond motifs is 1. The highest BCUT2D eigenvalue weighted by atomic mass is 16.2. The second-order valence-corrected chi connectivity index (χ2v) is 3.52. The van der Waals surface area contributed by atoms with E-state index in [1.54, 1.807) is 24.3 Å². The number of aliphatic hydroxyl groups is 1. The van der Waals surface area contributed by atoms with Crippen LogP contribution in [0.25, 0.3) is 0 Å². The number of carbonyl (C=O) groups is 2. The summed E-state index contributed by atoms with van der Waals surface area (Å²) in [5.74, 6) is -0.676. The zero-order valence-corrected chi connectivity index (χ0v) is 8.56.